The van der Waals surface area contributed by atoms with Gasteiger partial charge in [0.25, 0.3) is 0 Å². The van der Waals surface area contributed by atoms with Gasteiger partial charge < -0.3 is 10.5 Å². The van der Waals surface area contributed by atoms with E-state index < -0.39 is 0 Å². The molecule has 1 saturated carbocycles. The monoisotopic (exact) mass is 288 g/mol. The van der Waals surface area contributed by atoms with E-state index in [0.29, 0.717) is 12.1 Å². The van der Waals surface area contributed by atoms with Crippen molar-refractivity contribution in [2.45, 2.75) is 38.0 Å². The van der Waals surface area contributed by atoms with Crippen molar-refractivity contribution >= 4 is 0 Å². The number of fused-ring (bicyclic) bond motifs is 1. The minimum atomic E-state index is -0.249. The van der Waals surface area contributed by atoms with E-state index in [2.05, 4.69) is 16.7 Å². The fraction of sp³-hybridized carbons (Fsp3) is 0.529. The zero-order chi connectivity index (χ0) is 14.7. The van der Waals surface area contributed by atoms with Crippen LogP contribution in [0.3, 0.4) is 0 Å². The quantitative estimate of drug-likeness (QED) is 0.845. The lowest BCUT2D eigenvalue weighted by Gasteiger charge is -2.37. The fourth-order valence-corrected chi connectivity index (χ4v) is 3.37. The summed E-state index contributed by atoms with van der Waals surface area (Å²) in [4.78, 5) is 2.46. The SMILES string of the molecule is NCC#Cc1cc(F)ccc1CN1CCOC2CCCC21. The van der Waals surface area contributed by atoms with Crippen LogP contribution in [0.4, 0.5) is 4.39 Å². The second kappa shape index (κ2) is 6.57. The van der Waals surface area contributed by atoms with Crippen LogP contribution in [0.5, 0.6) is 0 Å². The van der Waals surface area contributed by atoms with E-state index in [1.807, 2.05) is 6.07 Å². The van der Waals surface area contributed by atoms with Crippen LogP contribution < -0.4 is 5.73 Å². The molecule has 1 heterocycles. The lowest BCUT2D eigenvalue weighted by molar-refractivity contribution is -0.0588. The van der Waals surface area contributed by atoms with Gasteiger partial charge in [0.15, 0.2) is 0 Å². The van der Waals surface area contributed by atoms with Crippen LogP contribution in [0.25, 0.3) is 0 Å². The molecule has 1 aromatic carbocycles. The van der Waals surface area contributed by atoms with Crippen molar-refractivity contribution in [3.05, 3.63) is 35.1 Å². The standard InChI is InChI=1S/C17H21FN2O/c18-15-7-6-14(13(11-15)3-2-8-19)12-20-9-10-21-17-5-1-4-16(17)20/h6-7,11,16-17H,1,4-5,8-10,12,19H2. The Balaban J connectivity index is 1.80. The number of hydrogen-bond donors (Lipinski definition) is 1. The summed E-state index contributed by atoms with van der Waals surface area (Å²) in [7, 11) is 0. The summed E-state index contributed by atoms with van der Waals surface area (Å²) < 4.78 is 19.3. The van der Waals surface area contributed by atoms with Crippen LogP contribution in [0.2, 0.25) is 0 Å². The Morgan fingerprint density at radius 2 is 2.29 bits per heavy atom. The second-order valence-corrected chi connectivity index (χ2v) is 5.69. The first-order chi connectivity index (χ1) is 10.3. The molecule has 1 aliphatic heterocycles. The van der Waals surface area contributed by atoms with Gasteiger partial charge in [-0.25, -0.2) is 4.39 Å². The Bertz CT molecular complexity index is 564. The van der Waals surface area contributed by atoms with E-state index in [1.54, 1.807) is 0 Å². The molecule has 1 aromatic rings. The number of halogens is 1. The molecule has 4 heteroatoms. The van der Waals surface area contributed by atoms with Crippen LogP contribution >= 0.6 is 0 Å². The molecule has 2 fully saturated rings. The molecular formula is C17H21FN2O. The van der Waals surface area contributed by atoms with Crippen LogP contribution in [-0.4, -0.2) is 36.7 Å². The minimum Gasteiger partial charge on any atom is -0.375 e. The Labute approximate surface area is 125 Å². The van der Waals surface area contributed by atoms with E-state index in [1.165, 1.54) is 25.0 Å². The maximum Gasteiger partial charge on any atom is 0.124 e. The normalized spacial score (nSPS) is 25.2. The van der Waals surface area contributed by atoms with Crippen molar-refractivity contribution in [1.29, 1.82) is 0 Å². The minimum absolute atomic E-state index is 0.249. The maximum atomic E-state index is 13.4. The van der Waals surface area contributed by atoms with Crippen molar-refractivity contribution in [2.24, 2.45) is 5.73 Å². The Hall–Kier alpha value is -1.41. The third kappa shape index (κ3) is 3.26. The molecule has 112 valence electrons. The highest BCUT2D eigenvalue weighted by Crippen LogP contribution is 2.31. The summed E-state index contributed by atoms with van der Waals surface area (Å²) >= 11 is 0. The first kappa shape index (κ1) is 14.5. The van der Waals surface area contributed by atoms with Gasteiger partial charge in [-0.05, 0) is 37.0 Å². The fourth-order valence-electron chi connectivity index (χ4n) is 3.37. The van der Waals surface area contributed by atoms with Gasteiger partial charge in [-0.2, -0.15) is 0 Å². The molecule has 21 heavy (non-hydrogen) atoms. The van der Waals surface area contributed by atoms with E-state index in [4.69, 9.17) is 10.5 Å². The van der Waals surface area contributed by atoms with Crippen molar-refractivity contribution in [2.75, 3.05) is 19.7 Å². The molecule has 2 atom stereocenters. The van der Waals surface area contributed by atoms with Gasteiger partial charge in [0.1, 0.15) is 5.82 Å². The van der Waals surface area contributed by atoms with E-state index >= 15 is 0 Å². The molecule has 2 unspecified atom stereocenters. The highest BCUT2D eigenvalue weighted by Gasteiger charge is 2.35. The van der Waals surface area contributed by atoms with Crippen LogP contribution in [0, 0.1) is 17.7 Å². The Kier molecular flexibility index (Phi) is 4.54. The van der Waals surface area contributed by atoms with E-state index in [9.17, 15) is 4.39 Å². The summed E-state index contributed by atoms with van der Waals surface area (Å²) in [6, 6.07) is 5.36. The summed E-state index contributed by atoms with van der Waals surface area (Å²) in [5, 5.41) is 0. The zero-order valence-electron chi connectivity index (χ0n) is 12.1. The van der Waals surface area contributed by atoms with Gasteiger partial charge in [0, 0.05) is 24.7 Å². The van der Waals surface area contributed by atoms with E-state index in [0.717, 1.165) is 37.2 Å². The lowest BCUT2D eigenvalue weighted by Crippen LogP contribution is -2.47. The predicted molar refractivity (Wildman–Crippen MR) is 80.1 cm³/mol. The molecule has 1 aliphatic carbocycles. The van der Waals surface area contributed by atoms with Crippen molar-refractivity contribution in [3.63, 3.8) is 0 Å². The average molecular weight is 288 g/mol. The average Bonchev–Trinajstić information content (AvgIpc) is 2.97. The smallest absolute Gasteiger partial charge is 0.124 e. The molecule has 0 bridgehead atoms. The number of benzene rings is 1. The Morgan fingerprint density at radius 3 is 3.14 bits per heavy atom. The molecule has 0 spiro atoms. The van der Waals surface area contributed by atoms with E-state index in [-0.39, 0.29) is 12.4 Å². The van der Waals surface area contributed by atoms with Crippen molar-refractivity contribution in [3.8, 4) is 11.8 Å². The number of morpholine rings is 1. The van der Waals surface area contributed by atoms with Crippen molar-refractivity contribution in [1.82, 2.24) is 4.90 Å². The highest BCUT2D eigenvalue weighted by atomic mass is 19.1. The Morgan fingerprint density at radius 1 is 1.38 bits per heavy atom. The van der Waals surface area contributed by atoms with Crippen LogP contribution in [-0.2, 0) is 11.3 Å². The molecule has 2 N–H and O–H groups in total. The number of hydrogen-bond acceptors (Lipinski definition) is 3. The van der Waals surface area contributed by atoms with Crippen molar-refractivity contribution < 1.29 is 9.13 Å². The lowest BCUT2D eigenvalue weighted by atomic mass is 10.0. The molecule has 0 radical (unpaired) electrons. The summed E-state index contributed by atoms with van der Waals surface area (Å²) in [6.07, 6.45) is 3.95. The number of nitrogens with two attached hydrogens (primary N) is 1. The van der Waals surface area contributed by atoms with Crippen LogP contribution in [0.15, 0.2) is 18.2 Å². The van der Waals surface area contributed by atoms with Gasteiger partial charge >= 0.3 is 0 Å². The third-order valence-corrected chi connectivity index (χ3v) is 4.37. The molecular weight excluding hydrogens is 267 g/mol. The van der Waals surface area contributed by atoms with Gasteiger partial charge in [-0.3, -0.25) is 4.90 Å². The summed E-state index contributed by atoms with van der Waals surface area (Å²) in [6.45, 7) is 2.81. The number of nitrogens with zero attached hydrogens (tertiary/aromatic N) is 1. The molecule has 2 aliphatic rings. The number of ether oxygens (including phenoxy) is 1. The topological polar surface area (TPSA) is 38.5 Å². The summed E-state index contributed by atoms with van der Waals surface area (Å²) in [5.41, 5.74) is 7.25. The van der Waals surface area contributed by atoms with Crippen LogP contribution in [0.1, 0.15) is 30.4 Å². The molecule has 0 amide bonds. The zero-order valence-corrected chi connectivity index (χ0v) is 12.1. The number of rotatable bonds is 2. The first-order valence-corrected chi connectivity index (χ1v) is 7.61. The molecule has 1 saturated heterocycles. The summed E-state index contributed by atoms with van der Waals surface area (Å²) in [5.74, 6) is 5.56. The first-order valence-electron chi connectivity index (χ1n) is 7.61. The molecule has 0 aromatic heterocycles. The van der Waals surface area contributed by atoms with Gasteiger partial charge in [0.2, 0.25) is 0 Å². The van der Waals surface area contributed by atoms with Gasteiger partial charge in [-0.15, -0.1) is 0 Å². The second-order valence-electron chi connectivity index (χ2n) is 5.69. The maximum absolute atomic E-state index is 13.4. The highest BCUT2D eigenvalue weighted by molar-refractivity contribution is 5.42. The third-order valence-electron chi connectivity index (χ3n) is 4.37. The molecule has 3 rings (SSSR count). The predicted octanol–water partition coefficient (Wildman–Crippen LogP) is 1.89. The molecule has 3 nitrogen and oxygen atoms in total. The largest absolute Gasteiger partial charge is 0.375 e. The van der Waals surface area contributed by atoms with Gasteiger partial charge in [0.05, 0.1) is 19.3 Å². The van der Waals surface area contributed by atoms with Gasteiger partial charge in [-0.1, -0.05) is 17.9 Å².